The lowest BCUT2D eigenvalue weighted by Gasteiger charge is -2.34. The summed E-state index contributed by atoms with van der Waals surface area (Å²) in [4.78, 5) is 12.8. The van der Waals surface area contributed by atoms with Crippen molar-refractivity contribution in [2.75, 3.05) is 51.2 Å². The molecule has 0 atom stereocenters. The van der Waals surface area contributed by atoms with Gasteiger partial charge in [-0.25, -0.2) is 0 Å². The van der Waals surface area contributed by atoms with Crippen LogP contribution in [0, 0.1) is 0 Å². The van der Waals surface area contributed by atoms with Crippen LogP contribution in [0.25, 0.3) is 10.4 Å². The van der Waals surface area contributed by atoms with Gasteiger partial charge in [0.2, 0.25) is 0 Å². The predicted octanol–water partition coefficient (Wildman–Crippen LogP) is 5.26. The maximum Gasteiger partial charge on any atom is 0.0557 e. The third kappa shape index (κ3) is 4.28. The third-order valence-electron chi connectivity index (χ3n) is 5.47. The smallest absolute Gasteiger partial charge is 0.0557 e. The average molecular weight is 395 g/mol. The second-order valence-corrected chi connectivity index (χ2v) is 8.50. The highest BCUT2D eigenvalue weighted by Crippen LogP contribution is 2.49. The number of nitrogens with zero attached hydrogens (tertiary/aromatic N) is 6. The van der Waals surface area contributed by atoms with E-state index in [-0.39, 0.29) is 0 Å². The van der Waals surface area contributed by atoms with Crippen molar-refractivity contribution in [1.82, 2.24) is 9.80 Å². The first-order valence-electron chi connectivity index (χ1n) is 9.89. The molecule has 28 heavy (non-hydrogen) atoms. The van der Waals surface area contributed by atoms with Crippen molar-refractivity contribution in [2.24, 2.45) is 5.11 Å². The molecule has 0 saturated carbocycles. The second-order valence-electron chi connectivity index (χ2n) is 7.41. The lowest BCUT2D eigenvalue weighted by molar-refractivity contribution is 0.152. The van der Waals surface area contributed by atoms with Crippen molar-refractivity contribution in [3.05, 3.63) is 52.9 Å². The lowest BCUT2D eigenvalue weighted by Crippen LogP contribution is -2.44. The normalized spacial score (nSPS) is 17.0. The van der Waals surface area contributed by atoms with Gasteiger partial charge in [-0.1, -0.05) is 35.1 Å². The fraction of sp³-hybridized carbons (Fsp3) is 0.429. The minimum Gasteiger partial charge on any atom is -0.340 e. The van der Waals surface area contributed by atoms with Gasteiger partial charge in [0.15, 0.2) is 0 Å². The second kappa shape index (κ2) is 8.88. The molecule has 2 aromatic rings. The maximum atomic E-state index is 8.79. The van der Waals surface area contributed by atoms with E-state index in [2.05, 4.69) is 62.1 Å². The quantitative estimate of drug-likeness (QED) is 0.290. The van der Waals surface area contributed by atoms with Crippen LogP contribution in [0.1, 0.15) is 12.8 Å². The Morgan fingerprint density at radius 3 is 2.54 bits per heavy atom. The summed E-state index contributed by atoms with van der Waals surface area (Å²) in [6.45, 7) is 6.84. The molecule has 4 rings (SSSR count). The molecule has 2 aliphatic rings. The molecule has 1 saturated heterocycles. The van der Waals surface area contributed by atoms with E-state index in [1.807, 2.05) is 12.1 Å². The number of unbranched alkanes of at least 4 members (excludes halogenated alkanes) is 1. The average Bonchev–Trinajstić information content (AvgIpc) is 2.72. The van der Waals surface area contributed by atoms with Crippen LogP contribution in [0.2, 0.25) is 0 Å². The van der Waals surface area contributed by atoms with Gasteiger partial charge in [0.25, 0.3) is 0 Å². The molecule has 0 aromatic heterocycles. The molecule has 0 amide bonds. The molecule has 0 bridgehead atoms. The molecule has 2 aromatic carbocycles. The molecule has 6 nitrogen and oxygen atoms in total. The zero-order chi connectivity index (χ0) is 19.3. The summed E-state index contributed by atoms with van der Waals surface area (Å²) in [7, 11) is 2.20. The Morgan fingerprint density at radius 1 is 0.964 bits per heavy atom. The summed E-state index contributed by atoms with van der Waals surface area (Å²) in [6, 6.07) is 14.5. The van der Waals surface area contributed by atoms with Gasteiger partial charge in [0, 0.05) is 53.1 Å². The van der Waals surface area contributed by atoms with Gasteiger partial charge >= 0.3 is 0 Å². The van der Waals surface area contributed by atoms with Crippen LogP contribution in [0.3, 0.4) is 0 Å². The molecule has 1 fully saturated rings. The van der Waals surface area contributed by atoms with Crippen molar-refractivity contribution in [3.8, 4) is 0 Å². The van der Waals surface area contributed by atoms with Crippen LogP contribution in [0.5, 0.6) is 0 Å². The third-order valence-corrected chi connectivity index (χ3v) is 6.60. The fourth-order valence-corrected chi connectivity index (χ4v) is 4.93. The highest BCUT2D eigenvalue weighted by molar-refractivity contribution is 7.99. The van der Waals surface area contributed by atoms with Crippen LogP contribution in [-0.2, 0) is 0 Å². The topological polar surface area (TPSA) is 58.5 Å². The number of azide groups is 1. The molecular formula is C21H26N6S. The standard InChI is InChI=1S/C21H26N6S/c1-25-12-14-26(15-13-25)10-4-5-11-27-18-6-2-3-7-20(18)28-21-9-8-17(23-24-22)16-19(21)27/h2-3,6-9,16H,4-5,10-15H2,1H3. The Hall–Kier alpha value is -2.18. The molecule has 2 aliphatic heterocycles. The fourth-order valence-electron chi connectivity index (χ4n) is 3.85. The molecule has 0 radical (unpaired) electrons. The number of piperazine rings is 1. The number of hydrogen-bond acceptors (Lipinski definition) is 5. The van der Waals surface area contributed by atoms with Gasteiger partial charge in [-0.05, 0) is 56.2 Å². The Bertz CT molecular complexity index is 871. The number of fused-ring (bicyclic) bond motifs is 2. The zero-order valence-corrected chi connectivity index (χ0v) is 17.1. The molecule has 0 spiro atoms. The molecule has 7 heteroatoms. The Labute approximate surface area is 170 Å². The first kappa shape index (κ1) is 19.2. The number of benzene rings is 2. The van der Waals surface area contributed by atoms with Crippen LogP contribution >= 0.6 is 11.8 Å². The van der Waals surface area contributed by atoms with Gasteiger partial charge in [-0.3, -0.25) is 0 Å². The summed E-state index contributed by atoms with van der Waals surface area (Å²) in [5.74, 6) is 0. The van der Waals surface area contributed by atoms with E-state index >= 15 is 0 Å². The van der Waals surface area contributed by atoms with Gasteiger partial charge < -0.3 is 14.7 Å². The molecule has 0 aliphatic carbocycles. The van der Waals surface area contributed by atoms with E-state index in [0.29, 0.717) is 5.69 Å². The molecular weight excluding hydrogens is 368 g/mol. The summed E-state index contributed by atoms with van der Waals surface area (Å²) >= 11 is 1.79. The zero-order valence-electron chi connectivity index (χ0n) is 16.3. The van der Waals surface area contributed by atoms with Crippen LogP contribution < -0.4 is 4.90 Å². The largest absolute Gasteiger partial charge is 0.340 e. The number of hydrogen-bond donors (Lipinski definition) is 0. The van der Waals surface area contributed by atoms with Crippen LogP contribution in [0.15, 0.2) is 57.4 Å². The lowest BCUT2D eigenvalue weighted by atomic mass is 10.1. The van der Waals surface area contributed by atoms with Gasteiger partial charge in [-0.2, -0.15) is 0 Å². The number of likely N-dealkylation sites (N-methyl/N-ethyl adjacent to an activating group) is 1. The molecule has 0 unspecified atom stereocenters. The minimum absolute atomic E-state index is 0.670. The van der Waals surface area contributed by atoms with Crippen molar-refractivity contribution in [3.63, 3.8) is 0 Å². The summed E-state index contributed by atoms with van der Waals surface area (Å²) in [5.41, 5.74) is 11.9. The predicted molar refractivity (Wildman–Crippen MR) is 116 cm³/mol. The maximum absolute atomic E-state index is 8.79. The van der Waals surface area contributed by atoms with Gasteiger partial charge in [0.05, 0.1) is 11.4 Å². The van der Waals surface area contributed by atoms with E-state index in [1.54, 1.807) is 11.8 Å². The SMILES string of the molecule is CN1CCN(CCCCN2c3ccccc3Sc3ccc(N=[N+]=[N-])cc32)CC1. The monoisotopic (exact) mass is 394 g/mol. The van der Waals surface area contributed by atoms with Crippen LogP contribution in [0.4, 0.5) is 17.1 Å². The van der Waals surface area contributed by atoms with Crippen LogP contribution in [-0.4, -0.2) is 56.1 Å². The van der Waals surface area contributed by atoms with Crippen molar-refractivity contribution in [2.45, 2.75) is 22.6 Å². The summed E-state index contributed by atoms with van der Waals surface area (Å²) < 4.78 is 0. The van der Waals surface area contributed by atoms with E-state index in [4.69, 9.17) is 5.53 Å². The highest BCUT2D eigenvalue weighted by atomic mass is 32.2. The van der Waals surface area contributed by atoms with E-state index in [0.717, 1.165) is 18.7 Å². The Kier molecular flexibility index (Phi) is 6.07. The van der Waals surface area contributed by atoms with Crippen molar-refractivity contribution < 1.29 is 0 Å². The minimum atomic E-state index is 0.670. The van der Waals surface area contributed by atoms with E-state index in [9.17, 15) is 0 Å². The van der Waals surface area contributed by atoms with E-state index < -0.39 is 0 Å². The molecule has 2 heterocycles. The van der Waals surface area contributed by atoms with Crippen molar-refractivity contribution >= 4 is 28.8 Å². The van der Waals surface area contributed by atoms with E-state index in [1.165, 1.54) is 54.6 Å². The number of anilines is 2. The Morgan fingerprint density at radius 2 is 1.71 bits per heavy atom. The first-order valence-corrected chi connectivity index (χ1v) is 10.7. The van der Waals surface area contributed by atoms with Crippen molar-refractivity contribution in [1.29, 1.82) is 0 Å². The van der Waals surface area contributed by atoms with Gasteiger partial charge in [-0.15, -0.1) is 0 Å². The first-order chi connectivity index (χ1) is 13.7. The number of para-hydroxylation sites is 1. The van der Waals surface area contributed by atoms with Gasteiger partial charge in [0.1, 0.15) is 0 Å². The summed E-state index contributed by atoms with van der Waals surface area (Å²) in [5, 5.41) is 3.80. The highest BCUT2D eigenvalue weighted by Gasteiger charge is 2.23. The molecule has 146 valence electrons. The molecule has 0 N–H and O–H groups in total. The summed E-state index contributed by atoms with van der Waals surface area (Å²) in [6.07, 6.45) is 2.33. The Balaban J connectivity index is 1.46. The number of rotatable bonds is 6.